The van der Waals surface area contributed by atoms with Crippen LogP contribution in [-0.2, 0) is 0 Å². The van der Waals surface area contributed by atoms with E-state index in [1.54, 1.807) is 19.2 Å². The van der Waals surface area contributed by atoms with Gasteiger partial charge in [-0.15, -0.1) is 0 Å². The number of para-hydroxylation sites is 1. The maximum atomic E-state index is 13.2. The SMILES string of the molecule is CNc1ncc(F)cc1C(=O)Nc1c(C)cccc1Cl. The Morgan fingerprint density at radius 3 is 2.80 bits per heavy atom. The molecule has 0 aliphatic carbocycles. The molecule has 104 valence electrons. The van der Waals surface area contributed by atoms with Gasteiger partial charge in [0.25, 0.3) is 5.91 Å². The number of aryl methyl sites for hydroxylation is 1. The third-order valence-corrected chi connectivity index (χ3v) is 3.11. The summed E-state index contributed by atoms with van der Waals surface area (Å²) in [5.41, 5.74) is 1.44. The molecular weight excluding hydrogens is 281 g/mol. The first-order valence-electron chi connectivity index (χ1n) is 5.92. The van der Waals surface area contributed by atoms with Gasteiger partial charge in [-0.05, 0) is 24.6 Å². The number of hydrogen-bond acceptors (Lipinski definition) is 3. The van der Waals surface area contributed by atoms with Crippen LogP contribution in [-0.4, -0.2) is 17.9 Å². The minimum Gasteiger partial charge on any atom is -0.372 e. The van der Waals surface area contributed by atoms with Crippen molar-refractivity contribution in [3.63, 3.8) is 0 Å². The number of nitrogens with one attached hydrogen (secondary N) is 2. The summed E-state index contributed by atoms with van der Waals surface area (Å²) in [5, 5.41) is 5.85. The molecule has 0 spiro atoms. The van der Waals surface area contributed by atoms with E-state index < -0.39 is 11.7 Å². The summed E-state index contributed by atoms with van der Waals surface area (Å²) in [5.74, 6) is -0.754. The molecule has 20 heavy (non-hydrogen) atoms. The van der Waals surface area contributed by atoms with E-state index in [0.717, 1.165) is 17.8 Å². The van der Waals surface area contributed by atoms with E-state index in [2.05, 4.69) is 15.6 Å². The number of benzene rings is 1. The van der Waals surface area contributed by atoms with Crippen molar-refractivity contribution in [1.82, 2.24) is 4.98 Å². The van der Waals surface area contributed by atoms with Crippen LogP contribution in [0.1, 0.15) is 15.9 Å². The first-order chi connectivity index (χ1) is 9.52. The second kappa shape index (κ2) is 5.88. The summed E-state index contributed by atoms with van der Waals surface area (Å²) >= 11 is 6.05. The van der Waals surface area contributed by atoms with Crippen LogP contribution >= 0.6 is 11.6 Å². The third kappa shape index (κ3) is 2.88. The molecule has 1 aromatic carbocycles. The first kappa shape index (κ1) is 14.3. The van der Waals surface area contributed by atoms with Crippen LogP contribution in [0.4, 0.5) is 15.9 Å². The monoisotopic (exact) mass is 293 g/mol. The fraction of sp³-hybridized carbons (Fsp3) is 0.143. The molecule has 2 N–H and O–H groups in total. The van der Waals surface area contributed by atoms with E-state index in [9.17, 15) is 9.18 Å². The van der Waals surface area contributed by atoms with E-state index >= 15 is 0 Å². The van der Waals surface area contributed by atoms with Gasteiger partial charge >= 0.3 is 0 Å². The molecule has 6 heteroatoms. The summed E-state index contributed by atoms with van der Waals surface area (Å²) in [4.78, 5) is 16.1. The topological polar surface area (TPSA) is 54.0 Å². The summed E-state index contributed by atoms with van der Waals surface area (Å²) in [7, 11) is 1.61. The molecule has 1 aromatic heterocycles. The minimum atomic E-state index is -0.579. The molecule has 0 aliphatic heterocycles. The van der Waals surface area contributed by atoms with Crippen LogP contribution in [0.3, 0.4) is 0 Å². The number of aromatic nitrogens is 1. The highest BCUT2D eigenvalue weighted by molar-refractivity contribution is 6.34. The first-order valence-corrected chi connectivity index (χ1v) is 6.30. The normalized spacial score (nSPS) is 10.2. The fourth-order valence-electron chi connectivity index (χ4n) is 1.78. The van der Waals surface area contributed by atoms with Crippen molar-refractivity contribution in [2.75, 3.05) is 17.7 Å². The molecular formula is C14H13ClFN3O. The van der Waals surface area contributed by atoms with E-state index in [-0.39, 0.29) is 5.56 Å². The summed E-state index contributed by atoms with van der Waals surface area (Å²) in [6.07, 6.45) is 1.04. The number of pyridine rings is 1. The van der Waals surface area contributed by atoms with Gasteiger partial charge < -0.3 is 10.6 Å². The van der Waals surface area contributed by atoms with E-state index in [1.807, 2.05) is 13.0 Å². The molecule has 2 rings (SSSR count). The van der Waals surface area contributed by atoms with Gasteiger partial charge in [0, 0.05) is 7.05 Å². The van der Waals surface area contributed by atoms with Crippen LogP contribution in [0.2, 0.25) is 5.02 Å². The van der Waals surface area contributed by atoms with Crippen LogP contribution in [0.15, 0.2) is 30.5 Å². The average molecular weight is 294 g/mol. The van der Waals surface area contributed by atoms with Gasteiger partial charge in [0.15, 0.2) is 0 Å². The zero-order valence-electron chi connectivity index (χ0n) is 11.0. The number of nitrogens with zero attached hydrogens (tertiary/aromatic N) is 1. The van der Waals surface area contributed by atoms with Gasteiger partial charge in [0.05, 0.1) is 22.5 Å². The van der Waals surface area contributed by atoms with Gasteiger partial charge in [-0.1, -0.05) is 23.7 Å². The molecule has 0 unspecified atom stereocenters. The van der Waals surface area contributed by atoms with Gasteiger partial charge in [-0.2, -0.15) is 0 Å². The van der Waals surface area contributed by atoms with Crippen LogP contribution in [0, 0.1) is 12.7 Å². The van der Waals surface area contributed by atoms with E-state index in [4.69, 9.17) is 11.6 Å². The predicted molar refractivity (Wildman–Crippen MR) is 77.9 cm³/mol. The van der Waals surface area contributed by atoms with Crippen molar-refractivity contribution < 1.29 is 9.18 Å². The van der Waals surface area contributed by atoms with Crippen LogP contribution < -0.4 is 10.6 Å². The van der Waals surface area contributed by atoms with Gasteiger partial charge in [0.2, 0.25) is 0 Å². The lowest BCUT2D eigenvalue weighted by Crippen LogP contribution is -2.16. The number of halogens is 2. The van der Waals surface area contributed by atoms with Crippen LogP contribution in [0.5, 0.6) is 0 Å². The maximum absolute atomic E-state index is 13.2. The molecule has 0 saturated carbocycles. The number of carbonyl (C=O) groups excluding carboxylic acids is 1. The molecule has 0 atom stereocenters. The van der Waals surface area contributed by atoms with Gasteiger partial charge in [-0.3, -0.25) is 4.79 Å². The fourth-order valence-corrected chi connectivity index (χ4v) is 2.05. The number of hydrogen-bond donors (Lipinski definition) is 2. The molecule has 0 bridgehead atoms. The lowest BCUT2D eigenvalue weighted by atomic mass is 10.1. The predicted octanol–water partition coefficient (Wildman–Crippen LogP) is 3.48. The van der Waals surface area contributed by atoms with Crippen molar-refractivity contribution in [1.29, 1.82) is 0 Å². The molecule has 1 heterocycles. The lowest BCUT2D eigenvalue weighted by Gasteiger charge is -2.12. The second-order valence-corrected chi connectivity index (χ2v) is 4.59. The molecule has 0 fully saturated rings. The summed E-state index contributed by atoms with van der Waals surface area (Å²) < 4.78 is 13.2. The molecule has 2 aromatic rings. The van der Waals surface area contributed by atoms with Crippen molar-refractivity contribution in [3.8, 4) is 0 Å². The number of anilines is 2. The molecule has 0 radical (unpaired) electrons. The number of amides is 1. The van der Waals surface area contributed by atoms with E-state index in [1.165, 1.54) is 0 Å². The number of rotatable bonds is 3. The highest BCUT2D eigenvalue weighted by Crippen LogP contribution is 2.26. The Labute approximate surface area is 121 Å². The minimum absolute atomic E-state index is 0.117. The van der Waals surface area contributed by atoms with Crippen molar-refractivity contribution >= 4 is 29.0 Å². The Hall–Kier alpha value is -2.14. The number of carbonyl (C=O) groups is 1. The van der Waals surface area contributed by atoms with Crippen LogP contribution in [0.25, 0.3) is 0 Å². The lowest BCUT2D eigenvalue weighted by molar-refractivity contribution is 0.102. The Morgan fingerprint density at radius 2 is 2.15 bits per heavy atom. The third-order valence-electron chi connectivity index (χ3n) is 2.80. The van der Waals surface area contributed by atoms with Crippen molar-refractivity contribution in [2.24, 2.45) is 0 Å². The maximum Gasteiger partial charge on any atom is 0.259 e. The Morgan fingerprint density at radius 1 is 1.40 bits per heavy atom. The molecule has 4 nitrogen and oxygen atoms in total. The average Bonchev–Trinajstić information content (AvgIpc) is 2.43. The zero-order chi connectivity index (χ0) is 14.7. The highest BCUT2D eigenvalue weighted by atomic mass is 35.5. The highest BCUT2D eigenvalue weighted by Gasteiger charge is 2.15. The summed E-state index contributed by atoms with van der Waals surface area (Å²) in [6, 6.07) is 6.41. The standard InChI is InChI=1S/C14H13ClFN3O/c1-8-4-3-5-11(15)12(8)19-14(20)10-6-9(16)7-18-13(10)17-2/h3-7H,1-2H3,(H,17,18)(H,19,20). The Bertz CT molecular complexity index is 641. The summed E-state index contributed by atoms with van der Waals surface area (Å²) in [6.45, 7) is 1.82. The molecule has 0 aliphatic rings. The van der Waals surface area contributed by atoms with E-state index in [0.29, 0.717) is 16.5 Å². The Kier molecular flexibility index (Phi) is 4.20. The van der Waals surface area contributed by atoms with Gasteiger partial charge in [-0.25, -0.2) is 9.37 Å². The van der Waals surface area contributed by atoms with Crippen molar-refractivity contribution in [2.45, 2.75) is 6.92 Å². The van der Waals surface area contributed by atoms with Crippen molar-refractivity contribution in [3.05, 3.63) is 52.4 Å². The van der Waals surface area contributed by atoms with Gasteiger partial charge in [0.1, 0.15) is 11.6 Å². The zero-order valence-corrected chi connectivity index (χ0v) is 11.8. The quantitative estimate of drug-likeness (QED) is 0.911. The molecule has 0 saturated heterocycles. The largest absolute Gasteiger partial charge is 0.372 e. The smallest absolute Gasteiger partial charge is 0.259 e. The molecule has 1 amide bonds. The second-order valence-electron chi connectivity index (χ2n) is 4.19. The Balaban J connectivity index is 2.35.